The number of amides is 1. The highest BCUT2D eigenvalue weighted by Gasteiger charge is 2.10. The minimum Gasteiger partial charge on any atom is -0.493 e. The summed E-state index contributed by atoms with van der Waals surface area (Å²) in [6.45, 7) is 4.92. The summed E-state index contributed by atoms with van der Waals surface area (Å²) in [5.74, 6) is 0.688. The van der Waals surface area contributed by atoms with Crippen LogP contribution in [0, 0.1) is 0 Å². The first-order chi connectivity index (χ1) is 12.6. The number of rotatable bonds is 8. The summed E-state index contributed by atoms with van der Waals surface area (Å²) in [6, 6.07) is 8.47. The maximum Gasteiger partial charge on any atom is 0.276 e. The summed E-state index contributed by atoms with van der Waals surface area (Å²) >= 11 is 0. The Kier molecular flexibility index (Phi) is 6.96. The third-order valence-electron chi connectivity index (χ3n) is 3.63. The first-order valence-electron chi connectivity index (χ1n) is 8.44. The van der Waals surface area contributed by atoms with Gasteiger partial charge in [-0.1, -0.05) is 6.92 Å². The molecule has 7 nitrogen and oxygen atoms in total. The Labute approximate surface area is 152 Å². The van der Waals surface area contributed by atoms with Crippen molar-refractivity contribution < 1.29 is 14.3 Å². The molecule has 1 heterocycles. The van der Waals surface area contributed by atoms with Crippen LogP contribution in [0.15, 0.2) is 46.4 Å². The summed E-state index contributed by atoms with van der Waals surface area (Å²) < 4.78 is 12.4. The molecule has 0 bridgehead atoms. The van der Waals surface area contributed by atoms with Gasteiger partial charge in [0.2, 0.25) is 0 Å². The van der Waals surface area contributed by atoms with Gasteiger partial charge in [0.1, 0.15) is 5.56 Å². The number of carbonyl (C=O) groups is 1. The van der Waals surface area contributed by atoms with Crippen molar-refractivity contribution in [2.45, 2.75) is 26.8 Å². The second-order valence-corrected chi connectivity index (χ2v) is 5.47. The van der Waals surface area contributed by atoms with Crippen molar-refractivity contribution in [3.63, 3.8) is 0 Å². The minimum absolute atomic E-state index is 0.0493. The Morgan fingerprint density at radius 1 is 1.27 bits per heavy atom. The normalized spacial score (nSPS) is 10.7. The molecule has 1 amide bonds. The Hall–Kier alpha value is -3.09. The highest BCUT2D eigenvalue weighted by Crippen LogP contribution is 2.27. The van der Waals surface area contributed by atoms with E-state index in [1.807, 2.05) is 13.8 Å². The molecule has 0 saturated carbocycles. The van der Waals surface area contributed by atoms with Crippen molar-refractivity contribution in [1.82, 2.24) is 9.99 Å². The highest BCUT2D eigenvalue weighted by atomic mass is 16.5. The zero-order valence-corrected chi connectivity index (χ0v) is 15.2. The van der Waals surface area contributed by atoms with Crippen LogP contribution < -0.4 is 20.5 Å². The van der Waals surface area contributed by atoms with Gasteiger partial charge in [0.05, 0.1) is 19.9 Å². The molecule has 0 radical (unpaired) electrons. The highest BCUT2D eigenvalue weighted by molar-refractivity contribution is 5.94. The van der Waals surface area contributed by atoms with Gasteiger partial charge >= 0.3 is 0 Å². The molecule has 0 aliphatic rings. The molecule has 0 atom stereocenters. The monoisotopic (exact) mass is 357 g/mol. The van der Waals surface area contributed by atoms with Crippen molar-refractivity contribution in [1.29, 1.82) is 0 Å². The van der Waals surface area contributed by atoms with E-state index in [1.165, 1.54) is 16.8 Å². The number of carbonyl (C=O) groups excluding carboxylic acids is 1. The van der Waals surface area contributed by atoms with Crippen LogP contribution in [-0.4, -0.2) is 30.4 Å². The number of hydrogen-bond acceptors (Lipinski definition) is 5. The van der Waals surface area contributed by atoms with Crippen LogP contribution in [0.3, 0.4) is 0 Å². The molecule has 1 aromatic heterocycles. The lowest BCUT2D eigenvalue weighted by Gasteiger charge is -2.10. The summed E-state index contributed by atoms with van der Waals surface area (Å²) in [5.41, 5.74) is 2.81. The van der Waals surface area contributed by atoms with E-state index in [2.05, 4.69) is 10.5 Å². The van der Waals surface area contributed by atoms with Crippen LogP contribution in [0.4, 0.5) is 0 Å². The van der Waals surface area contributed by atoms with Gasteiger partial charge in [0.15, 0.2) is 11.5 Å². The number of aromatic nitrogens is 1. The zero-order valence-electron chi connectivity index (χ0n) is 15.2. The molecule has 7 heteroatoms. The molecule has 0 aliphatic carbocycles. The van der Waals surface area contributed by atoms with Gasteiger partial charge in [0.25, 0.3) is 11.5 Å². The average Bonchev–Trinajstić information content (AvgIpc) is 2.66. The molecule has 0 saturated heterocycles. The average molecular weight is 357 g/mol. The zero-order chi connectivity index (χ0) is 18.9. The summed E-state index contributed by atoms with van der Waals surface area (Å²) in [4.78, 5) is 24.3. The summed E-state index contributed by atoms with van der Waals surface area (Å²) in [6.07, 6.45) is 4.00. The molecule has 1 aromatic carbocycles. The fraction of sp³-hybridized carbons (Fsp3) is 0.316. The van der Waals surface area contributed by atoms with Gasteiger partial charge in [-0.2, -0.15) is 5.10 Å². The lowest BCUT2D eigenvalue weighted by molar-refractivity contribution is 0.0953. The van der Waals surface area contributed by atoms with Crippen LogP contribution in [0.5, 0.6) is 11.5 Å². The molecule has 26 heavy (non-hydrogen) atoms. The Balaban J connectivity index is 2.10. The molecule has 0 spiro atoms. The fourth-order valence-corrected chi connectivity index (χ4v) is 2.28. The van der Waals surface area contributed by atoms with Gasteiger partial charge in [-0.25, -0.2) is 5.43 Å². The van der Waals surface area contributed by atoms with Crippen LogP contribution >= 0.6 is 0 Å². The Morgan fingerprint density at radius 2 is 2.08 bits per heavy atom. The molecule has 1 N–H and O–H groups in total. The molecular formula is C19H23N3O4. The number of pyridine rings is 1. The predicted octanol–water partition coefficient (Wildman–Crippen LogP) is 2.43. The van der Waals surface area contributed by atoms with E-state index in [1.54, 1.807) is 37.6 Å². The van der Waals surface area contributed by atoms with E-state index in [0.29, 0.717) is 24.7 Å². The van der Waals surface area contributed by atoms with Crippen molar-refractivity contribution in [2.24, 2.45) is 5.10 Å². The number of hydrogen-bond donors (Lipinski definition) is 1. The van der Waals surface area contributed by atoms with E-state index < -0.39 is 5.91 Å². The van der Waals surface area contributed by atoms with Crippen LogP contribution in [0.1, 0.15) is 36.2 Å². The smallest absolute Gasteiger partial charge is 0.276 e. The number of hydrazone groups is 1. The van der Waals surface area contributed by atoms with E-state index >= 15 is 0 Å². The van der Waals surface area contributed by atoms with Crippen molar-refractivity contribution in [3.8, 4) is 11.5 Å². The number of nitrogens with one attached hydrogen (secondary N) is 1. The Bertz CT molecular complexity index is 843. The van der Waals surface area contributed by atoms with Gasteiger partial charge in [0, 0.05) is 12.7 Å². The van der Waals surface area contributed by atoms with Crippen molar-refractivity contribution in [3.05, 3.63) is 58.0 Å². The number of nitrogens with zero attached hydrogens (tertiary/aromatic N) is 2. The van der Waals surface area contributed by atoms with E-state index in [4.69, 9.17) is 9.47 Å². The molecule has 2 aromatic rings. The van der Waals surface area contributed by atoms with E-state index in [-0.39, 0.29) is 11.1 Å². The summed E-state index contributed by atoms with van der Waals surface area (Å²) in [7, 11) is 1.57. The SMILES string of the molecule is CCCOc1cc(/C=N\NC(=O)c2cccn(CC)c2=O)ccc1OC. The number of aryl methyl sites for hydroxylation is 1. The molecule has 2 rings (SSSR count). The minimum atomic E-state index is -0.551. The first-order valence-corrected chi connectivity index (χ1v) is 8.44. The largest absolute Gasteiger partial charge is 0.493 e. The molecular weight excluding hydrogens is 334 g/mol. The fourth-order valence-electron chi connectivity index (χ4n) is 2.28. The third-order valence-corrected chi connectivity index (χ3v) is 3.63. The van der Waals surface area contributed by atoms with Crippen molar-refractivity contribution >= 4 is 12.1 Å². The maximum atomic E-state index is 12.1. The third kappa shape index (κ3) is 4.72. The quantitative estimate of drug-likeness (QED) is 0.581. The molecule has 0 aliphatic heterocycles. The molecule has 138 valence electrons. The topological polar surface area (TPSA) is 81.9 Å². The predicted molar refractivity (Wildman–Crippen MR) is 100 cm³/mol. The van der Waals surface area contributed by atoms with Crippen LogP contribution in [0.25, 0.3) is 0 Å². The second kappa shape index (κ2) is 9.41. The van der Waals surface area contributed by atoms with Crippen LogP contribution in [0.2, 0.25) is 0 Å². The van der Waals surface area contributed by atoms with Crippen LogP contribution in [-0.2, 0) is 6.54 Å². The van der Waals surface area contributed by atoms with Gasteiger partial charge in [-0.05, 0) is 49.2 Å². The summed E-state index contributed by atoms with van der Waals surface area (Å²) in [5, 5.41) is 3.92. The lowest BCUT2D eigenvalue weighted by atomic mass is 10.2. The number of benzene rings is 1. The number of ether oxygens (including phenoxy) is 2. The van der Waals surface area contributed by atoms with Crippen molar-refractivity contribution in [2.75, 3.05) is 13.7 Å². The maximum absolute atomic E-state index is 12.1. The molecule has 0 unspecified atom stereocenters. The lowest BCUT2D eigenvalue weighted by Crippen LogP contribution is -2.30. The number of methoxy groups -OCH3 is 1. The first kappa shape index (κ1) is 19.2. The molecule has 0 fully saturated rings. The Morgan fingerprint density at radius 3 is 2.77 bits per heavy atom. The van der Waals surface area contributed by atoms with Gasteiger partial charge < -0.3 is 14.0 Å². The van der Waals surface area contributed by atoms with Gasteiger partial charge in [-0.3, -0.25) is 9.59 Å². The second-order valence-electron chi connectivity index (χ2n) is 5.47. The van der Waals surface area contributed by atoms with Gasteiger partial charge in [-0.15, -0.1) is 0 Å². The standard InChI is InChI=1S/C19H23N3O4/c1-4-11-26-17-12-14(8-9-16(17)25-3)13-20-21-18(23)15-7-6-10-22(5-2)19(15)24/h6-10,12-13H,4-5,11H2,1-3H3,(H,21,23)/b20-13-. The van der Waals surface area contributed by atoms with E-state index in [9.17, 15) is 9.59 Å². The van der Waals surface area contributed by atoms with E-state index in [0.717, 1.165) is 12.0 Å².